The Bertz CT molecular complexity index is 1470. The number of hydrogen-bond donors (Lipinski definition) is 1. The summed E-state index contributed by atoms with van der Waals surface area (Å²) < 4.78 is 8.80. The number of nitrogens with zero attached hydrogens (tertiary/aromatic N) is 2. The average Bonchev–Trinajstić information content (AvgIpc) is 3.63. The number of rotatable bonds is 10. The topological polar surface area (TPSA) is 73.2 Å². The molecule has 1 fully saturated rings. The minimum Gasteiger partial charge on any atom is -0.484 e. The molecule has 0 saturated heterocycles. The SMILES string of the molecule is O=C(NC1CC1)c1ccccc1SCc1c(O[C@H](Cn2ccnc2)c2ccccc2)ccc2c1CCCC2=O. The van der Waals surface area contributed by atoms with Crippen LogP contribution in [0.25, 0.3) is 0 Å². The Hall–Kier alpha value is -3.84. The predicted molar refractivity (Wildman–Crippen MR) is 152 cm³/mol. The molecule has 1 N–H and O–H groups in total. The smallest absolute Gasteiger partial charge is 0.252 e. The van der Waals surface area contributed by atoms with Gasteiger partial charge in [-0.1, -0.05) is 42.5 Å². The molecule has 4 aromatic rings. The maximum atomic E-state index is 12.9. The second-order valence-electron chi connectivity index (χ2n) is 10.2. The highest BCUT2D eigenvalue weighted by atomic mass is 32.2. The van der Waals surface area contributed by atoms with Crippen LogP contribution < -0.4 is 10.1 Å². The Morgan fingerprint density at radius 2 is 1.87 bits per heavy atom. The van der Waals surface area contributed by atoms with Crippen LogP contribution in [0.2, 0.25) is 0 Å². The number of carbonyl (C=O) groups is 2. The number of aromatic nitrogens is 2. The Balaban J connectivity index is 1.33. The van der Waals surface area contributed by atoms with Gasteiger partial charge in [-0.25, -0.2) is 4.98 Å². The van der Waals surface area contributed by atoms with E-state index in [4.69, 9.17) is 4.74 Å². The Morgan fingerprint density at radius 3 is 2.67 bits per heavy atom. The summed E-state index contributed by atoms with van der Waals surface area (Å²) in [5, 5.41) is 3.11. The maximum absolute atomic E-state index is 12.9. The molecule has 198 valence electrons. The zero-order chi connectivity index (χ0) is 26.6. The van der Waals surface area contributed by atoms with E-state index in [0.717, 1.165) is 58.6 Å². The lowest BCUT2D eigenvalue weighted by molar-refractivity contribution is 0.0945. The van der Waals surface area contributed by atoms with Crippen molar-refractivity contribution in [2.24, 2.45) is 0 Å². The molecule has 1 heterocycles. The summed E-state index contributed by atoms with van der Waals surface area (Å²) in [6.45, 7) is 0.608. The summed E-state index contributed by atoms with van der Waals surface area (Å²) in [6, 6.07) is 22.1. The lowest BCUT2D eigenvalue weighted by Crippen LogP contribution is -2.25. The standard InChI is InChI=1S/C32H31N3O3S/c36-28-11-6-10-24-25(28)15-16-29(38-30(19-35-18-17-33-21-35)22-7-2-1-3-8-22)27(24)20-39-31-12-5-4-9-26(31)32(37)34-23-13-14-23/h1-5,7-9,12,15-18,21,23,30H,6,10-11,13-14,19-20H2,(H,34,37)/t30-/m1/s1. The monoisotopic (exact) mass is 537 g/mol. The van der Waals surface area contributed by atoms with E-state index in [1.807, 2.05) is 65.4 Å². The van der Waals surface area contributed by atoms with Gasteiger partial charge in [0.1, 0.15) is 11.9 Å². The molecule has 39 heavy (non-hydrogen) atoms. The van der Waals surface area contributed by atoms with Gasteiger partial charge in [0.25, 0.3) is 5.91 Å². The highest BCUT2D eigenvalue weighted by molar-refractivity contribution is 7.98. The number of amides is 1. The Morgan fingerprint density at radius 1 is 1.05 bits per heavy atom. The molecular weight excluding hydrogens is 506 g/mol. The fourth-order valence-corrected chi connectivity index (χ4v) is 6.19. The summed E-state index contributed by atoms with van der Waals surface area (Å²) in [5.74, 6) is 1.56. The molecule has 0 bridgehead atoms. The molecule has 0 unspecified atom stereocenters. The average molecular weight is 538 g/mol. The first-order chi connectivity index (χ1) is 19.2. The number of Topliss-reactive ketones (excluding diaryl/α,β-unsaturated/α-hetero) is 1. The van der Waals surface area contributed by atoms with Gasteiger partial charge in [-0.15, -0.1) is 11.8 Å². The van der Waals surface area contributed by atoms with Crippen LogP contribution in [-0.4, -0.2) is 27.3 Å². The molecule has 1 amide bonds. The second-order valence-corrected chi connectivity index (χ2v) is 11.2. The molecule has 0 aliphatic heterocycles. The molecule has 3 aromatic carbocycles. The van der Waals surface area contributed by atoms with Gasteiger partial charge in [0, 0.05) is 46.6 Å². The molecule has 2 aliphatic rings. The normalized spacial score (nSPS) is 15.4. The summed E-state index contributed by atoms with van der Waals surface area (Å²) >= 11 is 1.63. The van der Waals surface area contributed by atoms with Crippen LogP contribution in [0.1, 0.15) is 69.2 Å². The largest absolute Gasteiger partial charge is 0.484 e. The minimum absolute atomic E-state index is 0.0215. The lowest BCUT2D eigenvalue weighted by atomic mass is 9.87. The minimum atomic E-state index is -0.238. The molecule has 2 aliphatic carbocycles. The van der Waals surface area contributed by atoms with Crippen LogP contribution in [0.15, 0.2) is 90.3 Å². The van der Waals surface area contributed by atoms with Crippen molar-refractivity contribution in [3.8, 4) is 5.75 Å². The number of fused-ring (bicyclic) bond motifs is 1. The van der Waals surface area contributed by atoms with Crippen molar-refractivity contribution in [1.29, 1.82) is 0 Å². The van der Waals surface area contributed by atoms with Gasteiger partial charge in [-0.05, 0) is 61.1 Å². The van der Waals surface area contributed by atoms with Crippen molar-refractivity contribution in [2.75, 3.05) is 0 Å². The third kappa shape index (κ3) is 5.93. The third-order valence-corrected chi connectivity index (χ3v) is 8.41. The van der Waals surface area contributed by atoms with Gasteiger partial charge in [0.15, 0.2) is 5.78 Å². The molecule has 1 atom stereocenters. The Labute approximate surface area is 232 Å². The molecule has 1 saturated carbocycles. The molecule has 6 nitrogen and oxygen atoms in total. The van der Waals surface area contributed by atoms with Gasteiger partial charge in [-0.3, -0.25) is 9.59 Å². The number of benzene rings is 3. The van der Waals surface area contributed by atoms with Crippen LogP contribution in [-0.2, 0) is 18.7 Å². The van der Waals surface area contributed by atoms with Crippen molar-refractivity contribution in [1.82, 2.24) is 14.9 Å². The second kappa shape index (κ2) is 11.5. The number of ether oxygens (including phenoxy) is 1. The predicted octanol–water partition coefficient (Wildman–Crippen LogP) is 6.41. The van der Waals surface area contributed by atoms with Gasteiger partial charge >= 0.3 is 0 Å². The zero-order valence-electron chi connectivity index (χ0n) is 21.7. The first-order valence-corrected chi connectivity index (χ1v) is 14.5. The van der Waals surface area contributed by atoms with E-state index >= 15 is 0 Å². The van der Waals surface area contributed by atoms with E-state index in [1.165, 1.54) is 0 Å². The van der Waals surface area contributed by atoms with E-state index in [0.29, 0.717) is 30.3 Å². The number of hydrogen-bond acceptors (Lipinski definition) is 5. The lowest BCUT2D eigenvalue weighted by Gasteiger charge is -2.26. The van der Waals surface area contributed by atoms with Crippen molar-refractivity contribution in [2.45, 2.75) is 61.4 Å². The first kappa shape index (κ1) is 25.4. The van der Waals surface area contributed by atoms with Gasteiger partial charge in [-0.2, -0.15) is 0 Å². The summed E-state index contributed by atoms with van der Waals surface area (Å²) in [5.41, 5.74) is 4.68. The third-order valence-electron chi connectivity index (χ3n) is 7.31. The molecule has 1 aromatic heterocycles. The maximum Gasteiger partial charge on any atom is 0.252 e. The number of imidazole rings is 1. The molecule has 0 radical (unpaired) electrons. The molecular formula is C32H31N3O3S. The summed E-state index contributed by atoms with van der Waals surface area (Å²) in [6.07, 6.45) is 9.62. The highest BCUT2D eigenvalue weighted by Crippen LogP contribution is 2.38. The quantitative estimate of drug-likeness (QED) is 0.237. The summed E-state index contributed by atoms with van der Waals surface area (Å²) in [4.78, 5) is 30.9. The van der Waals surface area contributed by atoms with E-state index in [9.17, 15) is 9.59 Å². The highest BCUT2D eigenvalue weighted by Gasteiger charge is 2.27. The molecule has 6 rings (SSSR count). The zero-order valence-corrected chi connectivity index (χ0v) is 22.5. The van der Waals surface area contributed by atoms with Crippen molar-refractivity contribution in [3.63, 3.8) is 0 Å². The van der Waals surface area contributed by atoms with Gasteiger partial charge in [0.2, 0.25) is 0 Å². The Kier molecular flexibility index (Phi) is 7.50. The number of carbonyl (C=O) groups excluding carboxylic acids is 2. The van der Waals surface area contributed by atoms with E-state index in [2.05, 4.69) is 22.4 Å². The van der Waals surface area contributed by atoms with Gasteiger partial charge in [0.05, 0.1) is 18.4 Å². The van der Waals surface area contributed by atoms with Crippen LogP contribution in [0, 0.1) is 0 Å². The van der Waals surface area contributed by atoms with Crippen molar-refractivity contribution >= 4 is 23.5 Å². The number of nitrogens with one attached hydrogen (secondary N) is 1. The van der Waals surface area contributed by atoms with Crippen molar-refractivity contribution in [3.05, 3.63) is 113 Å². The number of ketones is 1. The van der Waals surface area contributed by atoms with E-state index in [-0.39, 0.29) is 17.8 Å². The molecule has 7 heteroatoms. The van der Waals surface area contributed by atoms with Crippen LogP contribution in [0.4, 0.5) is 0 Å². The molecule has 0 spiro atoms. The fourth-order valence-electron chi connectivity index (χ4n) is 5.09. The van der Waals surface area contributed by atoms with Crippen molar-refractivity contribution < 1.29 is 14.3 Å². The van der Waals surface area contributed by atoms with E-state index in [1.54, 1.807) is 24.3 Å². The fraction of sp³-hybridized carbons (Fsp3) is 0.281. The number of thioether (sulfide) groups is 1. The first-order valence-electron chi connectivity index (χ1n) is 13.5. The summed E-state index contributed by atoms with van der Waals surface area (Å²) in [7, 11) is 0. The van der Waals surface area contributed by atoms with Crippen LogP contribution in [0.3, 0.4) is 0 Å². The van der Waals surface area contributed by atoms with E-state index < -0.39 is 0 Å². The van der Waals surface area contributed by atoms with Crippen LogP contribution >= 0.6 is 11.8 Å². The van der Waals surface area contributed by atoms with Gasteiger partial charge < -0.3 is 14.6 Å². The van der Waals surface area contributed by atoms with Crippen LogP contribution in [0.5, 0.6) is 5.75 Å².